The van der Waals surface area contributed by atoms with Gasteiger partial charge in [0.25, 0.3) is 5.91 Å². The first-order valence-corrected chi connectivity index (χ1v) is 12.2. The first-order chi connectivity index (χ1) is 17.0. The quantitative estimate of drug-likeness (QED) is 0.658. The SMILES string of the molecule is O=C(O)C[C@@H]1CCCCN1C(=O)C1(NC(=O)OCC2c3ccccc3-c3ccccc32)CCOC1. The van der Waals surface area contributed by atoms with Crippen LogP contribution in [-0.4, -0.2) is 65.9 Å². The van der Waals surface area contributed by atoms with Crippen molar-refractivity contribution in [2.45, 2.75) is 49.6 Å². The molecule has 5 rings (SSSR count). The summed E-state index contributed by atoms with van der Waals surface area (Å²) < 4.78 is 11.2. The second-order valence-electron chi connectivity index (χ2n) is 9.58. The van der Waals surface area contributed by atoms with Crippen molar-refractivity contribution in [2.75, 3.05) is 26.4 Å². The molecule has 8 heteroatoms. The van der Waals surface area contributed by atoms with Crippen LogP contribution < -0.4 is 5.32 Å². The maximum Gasteiger partial charge on any atom is 0.408 e. The highest BCUT2D eigenvalue weighted by Crippen LogP contribution is 2.44. The molecule has 1 unspecified atom stereocenters. The van der Waals surface area contributed by atoms with E-state index in [0.29, 0.717) is 26.0 Å². The smallest absolute Gasteiger partial charge is 0.408 e. The van der Waals surface area contributed by atoms with Gasteiger partial charge in [0.1, 0.15) is 12.1 Å². The Labute approximate surface area is 204 Å². The summed E-state index contributed by atoms with van der Waals surface area (Å²) in [5.41, 5.74) is 3.27. The molecule has 8 nitrogen and oxygen atoms in total. The minimum absolute atomic E-state index is 0.0479. The molecule has 1 aliphatic carbocycles. The van der Waals surface area contributed by atoms with Crippen molar-refractivity contribution in [3.63, 3.8) is 0 Å². The van der Waals surface area contributed by atoms with E-state index in [0.717, 1.165) is 35.1 Å². The van der Waals surface area contributed by atoms with Gasteiger partial charge >= 0.3 is 12.1 Å². The standard InChI is InChI=1S/C27H30N2O6/c30-24(31)15-18-7-5-6-13-29(18)25(32)27(12-14-34-17-27)28-26(33)35-16-23-21-10-3-1-8-19(21)20-9-2-4-11-22(20)23/h1-4,8-11,18,23H,5-7,12-17H2,(H,28,33)(H,30,31)/t18-,27?/m0/s1. The van der Waals surface area contributed by atoms with Gasteiger partial charge in [0.2, 0.25) is 0 Å². The molecule has 0 bridgehead atoms. The molecule has 2 heterocycles. The van der Waals surface area contributed by atoms with Gasteiger partial charge in [0.05, 0.1) is 13.0 Å². The number of carbonyl (C=O) groups excluding carboxylic acids is 2. The molecule has 0 spiro atoms. The molecular weight excluding hydrogens is 448 g/mol. The average Bonchev–Trinajstić information content (AvgIpc) is 3.46. The number of aliphatic carboxylic acids is 1. The summed E-state index contributed by atoms with van der Waals surface area (Å²) in [6.45, 7) is 1.01. The fourth-order valence-electron chi connectivity index (χ4n) is 5.67. The lowest BCUT2D eigenvalue weighted by Gasteiger charge is -2.40. The van der Waals surface area contributed by atoms with E-state index in [1.54, 1.807) is 4.90 Å². The van der Waals surface area contributed by atoms with Crippen LogP contribution in [0.4, 0.5) is 4.79 Å². The lowest BCUT2D eigenvalue weighted by atomic mass is 9.92. The van der Waals surface area contributed by atoms with E-state index in [2.05, 4.69) is 29.6 Å². The molecule has 2 amide bonds. The Bertz CT molecular complexity index is 1080. The number of fused-ring (bicyclic) bond motifs is 3. The van der Waals surface area contributed by atoms with E-state index in [1.165, 1.54) is 0 Å². The van der Waals surface area contributed by atoms with E-state index >= 15 is 0 Å². The van der Waals surface area contributed by atoms with Crippen LogP contribution >= 0.6 is 0 Å². The highest BCUT2D eigenvalue weighted by molar-refractivity contribution is 5.91. The fraction of sp³-hybridized carbons (Fsp3) is 0.444. The Morgan fingerprint density at radius 2 is 1.74 bits per heavy atom. The zero-order chi connectivity index (χ0) is 24.4. The molecular formula is C27H30N2O6. The molecule has 2 aromatic rings. The van der Waals surface area contributed by atoms with Crippen LogP contribution in [0.25, 0.3) is 11.1 Å². The monoisotopic (exact) mass is 478 g/mol. The second kappa shape index (κ2) is 9.70. The van der Waals surface area contributed by atoms with Crippen molar-refractivity contribution in [3.8, 4) is 11.1 Å². The summed E-state index contributed by atoms with van der Waals surface area (Å²) in [6, 6.07) is 15.8. The Kier molecular flexibility index (Phi) is 6.47. The predicted octanol–water partition coefficient (Wildman–Crippen LogP) is 3.54. The zero-order valence-electron chi connectivity index (χ0n) is 19.6. The number of ether oxygens (including phenoxy) is 2. The normalized spacial score (nSPS) is 23.4. The second-order valence-corrected chi connectivity index (χ2v) is 9.58. The van der Waals surface area contributed by atoms with Crippen LogP contribution in [0.3, 0.4) is 0 Å². The molecule has 2 fully saturated rings. The van der Waals surface area contributed by atoms with E-state index in [4.69, 9.17) is 9.47 Å². The van der Waals surface area contributed by atoms with Gasteiger partial charge in [0, 0.05) is 31.5 Å². The number of nitrogens with zero attached hydrogens (tertiary/aromatic N) is 1. The number of carboxylic acid groups (broad SMARTS) is 1. The molecule has 2 aromatic carbocycles. The Balaban J connectivity index is 1.29. The summed E-state index contributed by atoms with van der Waals surface area (Å²) in [6.07, 6.45) is 1.88. The third-order valence-electron chi connectivity index (χ3n) is 7.41. The van der Waals surface area contributed by atoms with Crippen LogP contribution in [0, 0.1) is 0 Å². The number of hydrogen-bond donors (Lipinski definition) is 2. The number of rotatable bonds is 6. The zero-order valence-corrected chi connectivity index (χ0v) is 19.6. The van der Waals surface area contributed by atoms with Crippen molar-refractivity contribution in [2.24, 2.45) is 0 Å². The number of likely N-dealkylation sites (tertiary alicyclic amines) is 1. The molecule has 2 N–H and O–H groups in total. The van der Waals surface area contributed by atoms with Crippen LogP contribution in [0.2, 0.25) is 0 Å². The molecule has 2 saturated heterocycles. The molecule has 2 aliphatic heterocycles. The predicted molar refractivity (Wildman–Crippen MR) is 128 cm³/mol. The third-order valence-corrected chi connectivity index (χ3v) is 7.41. The summed E-state index contributed by atoms with van der Waals surface area (Å²) in [5.74, 6) is -1.30. The molecule has 0 aromatic heterocycles. The van der Waals surface area contributed by atoms with Crippen molar-refractivity contribution >= 4 is 18.0 Å². The van der Waals surface area contributed by atoms with Gasteiger partial charge in [-0.25, -0.2) is 4.79 Å². The number of amides is 2. The largest absolute Gasteiger partial charge is 0.481 e. The molecule has 35 heavy (non-hydrogen) atoms. The van der Waals surface area contributed by atoms with Crippen LogP contribution in [-0.2, 0) is 19.1 Å². The average molecular weight is 479 g/mol. The first-order valence-electron chi connectivity index (χ1n) is 12.2. The lowest BCUT2D eigenvalue weighted by Crippen LogP contribution is -2.63. The number of nitrogens with one attached hydrogen (secondary N) is 1. The minimum atomic E-state index is -1.24. The van der Waals surface area contributed by atoms with Gasteiger partial charge in [0.15, 0.2) is 0 Å². The van der Waals surface area contributed by atoms with E-state index < -0.39 is 17.6 Å². The van der Waals surface area contributed by atoms with Crippen molar-refractivity contribution in [1.82, 2.24) is 10.2 Å². The van der Waals surface area contributed by atoms with Crippen molar-refractivity contribution < 1.29 is 29.0 Å². The van der Waals surface area contributed by atoms with Gasteiger partial charge in [-0.2, -0.15) is 0 Å². The number of piperidine rings is 1. The van der Waals surface area contributed by atoms with Gasteiger partial charge < -0.3 is 24.8 Å². The van der Waals surface area contributed by atoms with Crippen molar-refractivity contribution in [1.29, 1.82) is 0 Å². The van der Waals surface area contributed by atoms with Gasteiger partial charge in [-0.05, 0) is 41.5 Å². The number of hydrogen-bond acceptors (Lipinski definition) is 5. The maximum absolute atomic E-state index is 13.6. The highest BCUT2D eigenvalue weighted by Gasteiger charge is 2.48. The van der Waals surface area contributed by atoms with Gasteiger partial charge in [-0.3, -0.25) is 9.59 Å². The lowest BCUT2D eigenvalue weighted by molar-refractivity contribution is -0.145. The van der Waals surface area contributed by atoms with E-state index in [-0.39, 0.29) is 37.5 Å². The van der Waals surface area contributed by atoms with Gasteiger partial charge in [-0.15, -0.1) is 0 Å². The van der Waals surface area contributed by atoms with Crippen LogP contribution in [0.1, 0.15) is 49.1 Å². The molecule has 2 atom stereocenters. The maximum atomic E-state index is 13.6. The summed E-state index contributed by atoms with van der Waals surface area (Å²) in [5, 5.41) is 12.1. The van der Waals surface area contributed by atoms with Crippen molar-refractivity contribution in [3.05, 3.63) is 59.7 Å². The molecule has 0 saturated carbocycles. The molecule has 0 radical (unpaired) electrons. The van der Waals surface area contributed by atoms with E-state index in [9.17, 15) is 19.5 Å². The topological polar surface area (TPSA) is 105 Å². The summed E-state index contributed by atoms with van der Waals surface area (Å²) in [4.78, 5) is 39.6. The summed E-state index contributed by atoms with van der Waals surface area (Å²) in [7, 11) is 0. The molecule has 184 valence electrons. The van der Waals surface area contributed by atoms with Crippen LogP contribution in [0.5, 0.6) is 0 Å². The number of carboxylic acids is 1. The number of benzene rings is 2. The first kappa shape index (κ1) is 23.4. The fourth-order valence-corrected chi connectivity index (χ4v) is 5.67. The van der Waals surface area contributed by atoms with Crippen LogP contribution in [0.15, 0.2) is 48.5 Å². The Hall–Kier alpha value is -3.39. The highest BCUT2D eigenvalue weighted by atomic mass is 16.6. The third kappa shape index (κ3) is 4.50. The molecule has 3 aliphatic rings. The minimum Gasteiger partial charge on any atom is -0.481 e. The Morgan fingerprint density at radius 1 is 1.06 bits per heavy atom. The van der Waals surface area contributed by atoms with Gasteiger partial charge in [-0.1, -0.05) is 48.5 Å². The summed E-state index contributed by atoms with van der Waals surface area (Å²) >= 11 is 0. The number of alkyl carbamates (subject to hydrolysis) is 1. The Morgan fingerprint density at radius 3 is 2.37 bits per heavy atom. The number of carbonyl (C=O) groups is 3. The van der Waals surface area contributed by atoms with E-state index in [1.807, 2.05) is 24.3 Å².